The van der Waals surface area contributed by atoms with Gasteiger partial charge < -0.3 is 15.4 Å². The monoisotopic (exact) mass is 426 g/mol. The van der Waals surface area contributed by atoms with Crippen LogP contribution in [0.2, 0.25) is 0 Å². The molecule has 1 aliphatic heterocycles. The Kier molecular flexibility index (Phi) is 7.43. The fourth-order valence-corrected chi connectivity index (χ4v) is 4.09. The highest BCUT2D eigenvalue weighted by atomic mass is 32.2. The van der Waals surface area contributed by atoms with Crippen molar-refractivity contribution in [2.75, 3.05) is 12.8 Å². The zero-order chi connectivity index (χ0) is 21.7. The summed E-state index contributed by atoms with van der Waals surface area (Å²) < 4.78 is 6.02. The summed E-state index contributed by atoms with van der Waals surface area (Å²) in [5, 5.41) is 5.69. The second kappa shape index (κ2) is 10.0. The van der Waals surface area contributed by atoms with Crippen LogP contribution in [0.3, 0.4) is 0 Å². The van der Waals surface area contributed by atoms with Crippen molar-refractivity contribution in [2.24, 2.45) is 5.92 Å². The molecule has 2 amide bonds. The van der Waals surface area contributed by atoms with Gasteiger partial charge in [-0.3, -0.25) is 9.59 Å². The number of thioether (sulfide) groups is 1. The van der Waals surface area contributed by atoms with Crippen LogP contribution in [0.15, 0.2) is 47.4 Å². The largest absolute Gasteiger partial charge is 0.488 e. The summed E-state index contributed by atoms with van der Waals surface area (Å²) in [6.45, 7) is 5.92. The lowest BCUT2D eigenvalue weighted by Gasteiger charge is -2.20. The van der Waals surface area contributed by atoms with Gasteiger partial charge >= 0.3 is 0 Å². The van der Waals surface area contributed by atoms with E-state index in [-0.39, 0.29) is 17.9 Å². The van der Waals surface area contributed by atoms with Crippen molar-refractivity contribution in [3.63, 3.8) is 0 Å². The molecule has 5 nitrogen and oxygen atoms in total. The minimum absolute atomic E-state index is 0.102. The lowest BCUT2D eigenvalue weighted by atomic mass is 10.0. The molecule has 0 unspecified atom stereocenters. The molecule has 0 aliphatic carbocycles. The lowest BCUT2D eigenvalue weighted by molar-refractivity contribution is -0.128. The summed E-state index contributed by atoms with van der Waals surface area (Å²) in [6.07, 6.45) is 3.33. The van der Waals surface area contributed by atoms with E-state index >= 15 is 0 Å². The van der Waals surface area contributed by atoms with Crippen LogP contribution < -0.4 is 15.4 Å². The molecule has 0 fully saturated rings. The van der Waals surface area contributed by atoms with E-state index in [9.17, 15) is 9.59 Å². The number of nitrogens with one attached hydrogen (secondary N) is 2. The predicted molar refractivity (Wildman–Crippen MR) is 122 cm³/mol. The number of hydrogen-bond donors (Lipinski definition) is 2. The average molecular weight is 427 g/mol. The topological polar surface area (TPSA) is 67.4 Å². The van der Waals surface area contributed by atoms with Crippen LogP contribution in [-0.2, 0) is 16.0 Å². The maximum absolute atomic E-state index is 12.6. The van der Waals surface area contributed by atoms with E-state index in [1.807, 2.05) is 19.9 Å². The number of carbonyl (C=O) groups excluding carboxylic acids is 2. The standard InChI is InChI=1S/C24H30N2O3S/c1-15(2)11-22(26-16(3)27)24(28)25-14-20-13-19-12-18(7-10-23(19)29-20)17-5-8-21(30-4)9-6-17/h5-10,12,15,20,22H,11,13-14H2,1-4H3,(H,25,28)(H,26,27)/t20-,22-/m0/s1. The molecule has 30 heavy (non-hydrogen) atoms. The maximum Gasteiger partial charge on any atom is 0.242 e. The van der Waals surface area contributed by atoms with E-state index in [2.05, 4.69) is 53.3 Å². The molecule has 2 atom stereocenters. The Morgan fingerprint density at radius 3 is 2.47 bits per heavy atom. The van der Waals surface area contributed by atoms with Crippen molar-refractivity contribution >= 4 is 23.6 Å². The molecule has 1 heterocycles. The van der Waals surface area contributed by atoms with Gasteiger partial charge in [-0.1, -0.05) is 32.0 Å². The molecule has 2 N–H and O–H groups in total. The Morgan fingerprint density at radius 1 is 1.13 bits per heavy atom. The van der Waals surface area contributed by atoms with Gasteiger partial charge in [-0.2, -0.15) is 0 Å². The molecule has 0 bridgehead atoms. The molecule has 0 saturated carbocycles. The van der Waals surface area contributed by atoms with Crippen LogP contribution in [0.25, 0.3) is 11.1 Å². The molecule has 1 aliphatic rings. The van der Waals surface area contributed by atoms with E-state index in [0.29, 0.717) is 18.9 Å². The number of amides is 2. The number of rotatable bonds is 8. The maximum atomic E-state index is 12.6. The van der Waals surface area contributed by atoms with Crippen molar-refractivity contribution in [1.82, 2.24) is 10.6 Å². The van der Waals surface area contributed by atoms with Crippen molar-refractivity contribution in [1.29, 1.82) is 0 Å². The molecular formula is C24H30N2O3S. The van der Waals surface area contributed by atoms with Crippen molar-refractivity contribution in [3.05, 3.63) is 48.0 Å². The third-order valence-electron chi connectivity index (χ3n) is 5.13. The average Bonchev–Trinajstić information content (AvgIpc) is 3.13. The first kappa shape index (κ1) is 22.2. The van der Waals surface area contributed by atoms with E-state index in [1.54, 1.807) is 11.8 Å². The SMILES string of the molecule is CSc1ccc(-c2ccc3c(c2)C[C@@H](CNC(=O)[C@H](CC(C)C)NC(C)=O)O3)cc1. The summed E-state index contributed by atoms with van der Waals surface area (Å²) in [5.41, 5.74) is 3.50. The Morgan fingerprint density at radius 2 is 1.83 bits per heavy atom. The Balaban J connectivity index is 1.59. The normalized spacial score (nSPS) is 16.0. The molecular weight excluding hydrogens is 396 g/mol. The van der Waals surface area contributed by atoms with E-state index in [0.717, 1.165) is 23.3 Å². The van der Waals surface area contributed by atoms with Crippen molar-refractivity contribution < 1.29 is 14.3 Å². The highest BCUT2D eigenvalue weighted by Gasteiger charge is 2.26. The summed E-state index contributed by atoms with van der Waals surface area (Å²) >= 11 is 1.73. The van der Waals surface area contributed by atoms with Gasteiger partial charge in [0.2, 0.25) is 11.8 Å². The molecule has 2 aromatic carbocycles. The quantitative estimate of drug-likeness (QED) is 0.625. The van der Waals surface area contributed by atoms with Gasteiger partial charge in [-0.05, 0) is 59.6 Å². The van der Waals surface area contributed by atoms with Crippen LogP contribution in [0.4, 0.5) is 0 Å². The number of fused-ring (bicyclic) bond motifs is 1. The summed E-state index contributed by atoms with van der Waals surface area (Å²) in [7, 11) is 0. The first-order valence-corrected chi connectivity index (χ1v) is 11.6. The van der Waals surface area contributed by atoms with Gasteiger partial charge in [0.25, 0.3) is 0 Å². The molecule has 6 heteroatoms. The third kappa shape index (κ3) is 5.79. The van der Waals surface area contributed by atoms with E-state index < -0.39 is 6.04 Å². The van der Waals surface area contributed by atoms with Gasteiger partial charge in [0, 0.05) is 18.2 Å². The first-order valence-electron chi connectivity index (χ1n) is 10.3. The fourth-order valence-electron chi connectivity index (χ4n) is 3.68. The number of hydrogen-bond acceptors (Lipinski definition) is 4. The summed E-state index contributed by atoms with van der Waals surface area (Å²) in [5.74, 6) is 0.828. The fraction of sp³-hybridized carbons (Fsp3) is 0.417. The smallest absolute Gasteiger partial charge is 0.242 e. The zero-order valence-corrected chi connectivity index (χ0v) is 18.8. The minimum Gasteiger partial charge on any atom is -0.488 e. The predicted octanol–water partition coefficient (Wildman–Crippen LogP) is 4.05. The van der Waals surface area contributed by atoms with Gasteiger partial charge in [0.05, 0.1) is 6.54 Å². The van der Waals surface area contributed by atoms with Crippen LogP contribution >= 0.6 is 11.8 Å². The van der Waals surface area contributed by atoms with Crippen LogP contribution in [0, 0.1) is 5.92 Å². The van der Waals surface area contributed by atoms with Gasteiger partial charge in [0.1, 0.15) is 17.9 Å². The number of benzene rings is 2. The van der Waals surface area contributed by atoms with E-state index in [1.165, 1.54) is 17.4 Å². The Labute approximate surface area is 183 Å². The minimum atomic E-state index is -0.512. The highest BCUT2D eigenvalue weighted by Crippen LogP contribution is 2.33. The van der Waals surface area contributed by atoms with Crippen LogP contribution in [-0.4, -0.2) is 36.8 Å². The Hall–Kier alpha value is -2.47. The zero-order valence-electron chi connectivity index (χ0n) is 18.0. The molecule has 2 aromatic rings. The second-order valence-corrected chi connectivity index (χ2v) is 9.00. The molecule has 160 valence electrons. The van der Waals surface area contributed by atoms with Gasteiger partial charge in [-0.15, -0.1) is 11.8 Å². The number of carbonyl (C=O) groups is 2. The third-order valence-corrected chi connectivity index (χ3v) is 5.87. The van der Waals surface area contributed by atoms with Gasteiger partial charge in [-0.25, -0.2) is 0 Å². The van der Waals surface area contributed by atoms with Gasteiger partial charge in [0.15, 0.2) is 0 Å². The first-order chi connectivity index (χ1) is 14.4. The summed E-state index contributed by atoms with van der Waals surface area (Å²) in [6, 6.07) is 14.3. The molecule has 0 saturated heterocycles. The van der Waals surface area contributed by atoms with Crippen LogP contribution in [0.5, 0.6) is 5.75 Å². The molecule has 0 spiro atoms. The van der Waals surface area contributed by atoms with E-state index in [4.69, 9.17) is 4.74 Å². The lowest BCUT2D eigenvalue weighted by Crippen LogP contribution is -2.48. The second-order valence-electron chi connectivity index (χ2n) is 8.12. The van der Waals surface area contributed by atoms with Crippen molar-refractivity contribution in [2.45, 2.75) is 50.7 Å². The molecule has 0 aromatic heterocycles. The summed E-state index contributed by atoms with van der Waals surface area (Å²) in [4.78, 5) is 25.2. The highest BCUT2D eigenvalue weighted by molar-refractivity contribution is 7.98. The molecule has 3 rings (SSSR count). The Bertz CT molecular complexity index is 896. The number of ether oxygens (including phenoxy) is 1. The van der Waals surface area contributed by atoms with Crippen LogP contribution in [0.1, 0.15) is 32.8 Å². The van der Waals surface area contributed by atoms with Crippen molar-refractivity contribution in [3.8, 4) is 16.9 Å². The molecule has 0 radical (unpaired) electrons.